The van der Waals surface area contributed by atoms with Crippen molar-refractivity contribution in [3.63, 3.8) is 0 Å². The van der Waals surface area contributed by atoms with Crippen LogP contribution in [0.15, 0.2) is 6.20 Å². The van der Waals surface area contributed by atoms with Crippen LogP contribution in [0.4, 0.5) is 0 Å². The lowest BCUT2D eigenvalue weighted by Crippen LogP contribution is -2.36. The van der Waals surface area contributed by atoms with Gasteiger partial charge >= 0.3 is 0 Å². The molecule has 108 valence electrons. The summed E-state index contributed by atoms with van der Waals surface area (Å²) in [5.74, 6) is 0. The van der Waals surface area contributed by atoms with E-state index in [0.29, 0.717) is 10.1 Å². The molecule has 0 unspecified atom stereocenters. The Morgan fingerprint density at radius 3 is 2.68 bits per heavy atom. The van der Waals surface area contributed by atoms with Crippen molar-refractivity contribution < 1.29 is 4.74 Å². The number of thiocarbonyl (C=S) groups is 1. The molecule has 0 aliphatic heterocycles. The zero-order valence-corrected chi connectivity index (χ0v) is 13.0. The fraction of sp³-hybridized carbons (Fsp3) is 0.667. The second-order valence-electron chi connectivity index (χ2n) is 4.21. The second kappa shape index (κ2) is 9.12. The molecular formula is C12H21ClN4OS. The monoisotopic (exact) mass is 304 g/mol. The minimum atomic E-state index is 0.686. The summed E-state index contributed by atoms with van der Waals surface area (Å²) in [5, 5.41) is 12.0. The number of ether oxygens (including phenoxy) is 1. The average molecular weight is 305 g/mol. The van der Waals surface area contributed by atoms with E-state index in [2.05, 4.69) is 15.7 Å². The van der Waals surface area contributed by atoms with Gasteiger partial charge in [-0.2, -0.15) is 5.10 Å². The third-order valence-electron chi connectivity index (χ3n) is 2.55. The van der Waals surface area contributed by atoms with Crippen molar-refractivity contribution in [2.75, 3.05) is 26.8 Å². The standard InChI is InChI=1S/C12H21ClN4OS/c1-10-11(13)9-17(16-10)7-3-5-14-12(19)15-6-4-8-18-2/h9H,3-8H2,1-2H3,(H2,14,15,19). The zero-order chi connectivity index (χ0) is 14.1. The van der Waals surface area contributed by atoms with Crippen LogP contribution in [0.25, 0.3) is 0 Å². The molecular weight excluding hydrogens is 284 g/mol. The molecule has 0 bridgehead atoms. The molecule has 0 atom stereocenters. The summed E-state index contributed by atoms with van der Waals surface area (Å²) in [7, 11) is 1.69. The molecule has 0 aromatic carbocycles. The first-order valence-electron chi connectivity index (χ1n) is 6.33. The van der Waals surface area contributed by atoms with Crippen LogP contribution in [-0.4, -0.2) is 41.7 Å². The van der Waals surface area contributed by atoms with E-state index in [1.54, 1.807) is 7.11 Å². The Morgan fingerprint density at radius 2 is 2.11 bits per heavy atom. The first-order valence-corrected chi connectivity index (χ1v) is 7.12. The number of halogens is 1. The molecule has 0 fully saturated rings. The highest BCUT2D eigenvalue weighted by atomic mass is 35.5. The molecule has 0 saturated heterocycles. The van der Waals surface area contributed by atoms with Gasteiger partial charge in [0.25, 0.3) is 0 Å². The molecule has 0 radical (unpaired) electrons. The molecule has 0 spiro atoms. The van der Waals surface area contributed by atoms with Gasteiger partial charge in [0.1, 0.15) is 0 Å². The number of nitrogens with zero attached hydrogens (tertiary/aromatic N) is 2. The maximum atomic E-state index is 5.94. The predicted molar refractivity (Wildman–Crippen MR) is 81.7 cm³/mol. The van der Waals surface area contributed by atoms with Crippen LogP contribution >= 0.6 is 23.8 Å². The van der Waals surface area contributed by atoms with Crippen LogP contribution in [0.2, 0.25) is 5.02 Å². The second-order valence-corrected chi connectivity index (χ2v) is 5.02. The molecule has 5 nitrogen and oxygen atoms in total. The fourth-order valence-corrected chi connectivity index (χ4v) is 1.89. The zero-order valence-electron chi connectivity index (χ0n) is 11.4. The summed E-state index contributed by atoms with van der Waals surface area (Å²) >= 11 is 11.1. The molecule has 1 aromatic heterocycles. The van der Waals surface area contributed by atoms with Crippen LogP contribution in [0.5, 0.6) is 0 Å². The SMILES string of the molecule is COCCCNC(=S)NCCCn1cc(Cl)c(C)n1. The molecule has 1 rings (SSSR count). The summed E-state index contributed by atoms with van der Waals surface area (Å²) < 4.78 is 6.81. The number of nitrogens with one attached hydrogen (secondary N) is 2. The van der Waals surface area contributed by atoms with Crippen molar-refractivity contribution >= 4 is 28.9 Å². The molecule has 2 N–H and O–H groups in total. The highest BCUT2D eigenvalue weighted by Gasteiger charge is 2.01. The van der Waals surface area contributed by atoms with Gasteiger partial charge in [-0.3, -0.25) is 4.68 Å². The minimum Gasteiger partial charge on any atom is -0.385 e. The molecule has 0 amide bonds. The lowest BCUT2D eigenvalue weighted by molar-refractivity contribution is 0.195. The topological polar surface area (TPSA) is 51.1 Å². The van der Waals surface area contributed by atoms with E-state index in [-0.39, 0.29) is 0 Å². The lowest BCUT2D eigenvalue weighted by Gasteiger charge is -2.10. The summed E-state index contributed by atoms with van der Waals surface area (Å²) in [5.41, 5.74) is 0.866. The van der Waals surface area contributed by atoms with Crippen LogP contribution in [0, 0.1) is 6.92 Å². The fourth-order valence-electron chi connectivity index (χ4n) is 1.53. The number of methoxy groups -OCH3 is 1. The van der Waals surface area contributed by atoms with E-state index in [0.717, 1.165) is 44.8 Å². The van der Waals surface area contributed by atoms with E-state index in [9.17, 15) is 0 Å². The Hall–Kier alpha value is -0.850. The first kappa shape index (κ1) is 16.2. The van der Waals surface area contributed by atoms with Gasteiger partial charge in [0.2, 0.25) is 0 Å². The van der Waals surface area contributed by atoms with Gasteiger partial charge in [0.05, 0.1) is 10.7 Å². The van der Waals surface area contributed by atoms with Crippen molar-refractivity contribution in [2.24, 2.45) is 0 Å². The van der Waals surface area contributed by atoms with E-state index < -0.39 is 0 Å². The van der Waals surface area contributed by atoms with Gasteiger partial charge in [0.15, 0.2) is 5.11 Å². The normalized spacial score (nSPS) is 10.5. The number of aromatic nitrogens is 2. The largest absolute Gasteiger partial charge is 0.385 e. The van der Waals surface area contributed by atoms with Crippen molar-refractivity contribution in [1.82, 2.24) is 20.4 Å². The third kappa shape index (κ3) is 6.75. The maximum absolute atomic E-state index is 5.94. The van der Waals surface area contributed by atoms with Gasteiger partial charge in [-0.05, 0) is 32.0 Å². The van der Waals surface area contributed by atoms with Crippen molar-refractivity contribution in [2.45, 2.75) is 26.3 Å². The lowest BCUT2D eigenvalue weighted by atomic mass is 10.4. The van der Waals surface area contributed by atoms with Gasteiger partial charge in [-0.1, -0.05) is 11.6 Å². The van der Waals surface area contributed by atoms with Crippen LogP contribution in [0.1, 0.15) is 18.5 Å². The van der Waals surface area contributed by atoms with Crippen LogP contribution < -0.4 is 10.6 Å². The minimum absolute atomic E-state index is 0.686. The summed E-state index contributed by atoms with van der Waals surface area (Å²) in [6.45, 7) is 5.11. The van der Waals surface area contributed by atoms with Gasteiger partial charge in [-0.25, -0.2) is 0 Å². The molecule has 19 heavy (non-hydrogen) atoms. The summed E-state index contributed by atoms with van der Waals surface area (Å²) in [6.07, 6.45) is 3.74. The average Bonchev–Trinajstić information content (AvgIpc) is 2.70. The Balaban J connectivity index is 2.05. The van der Waals surface area contributed by atoms with E-state index >= 15 is 0 Å². The van der Waals surface area contributed by atoms with Crippen LogP contribution in [-0.2, 0) is 11.3 Å². The number of hydrogen-bond donors (Lipinski definition) is 2. The predicted octanol–water partition coefficient (Wildman–Crippen LogP) is 1.74. The highest BCUT2D eigenvalue weighted by Crippen LogP contribution is 2.11. The molecule has 1 aromatic rings. The van der Waals surface area contributed by atoms with E-state index in [1.807, 2.05) is 17.8 Å². The number of rotatable bonds is 8. The summed E-state index contributed by atoms with van der Waals surface area (Å²) in [4.78, 5) is 0. The highest BCUT2D eigenvalue weighted by molar-refractivity contribution is 7.80. The first-order chi connectivity index (χ1) is 9.13. The quantitative estimate of drug-likeness (QED) is 0.566. The number of hydrogen-bond acceptors (Lipinski definition) is 3. The van der Waals surface area contributed by atoms with E-state index in [4.69, 9.17) is 28.6 Å². The Kier molecular flexibility index (Phi) is 7.78. The van der Waals surface area contributed by atoms with Gasteiger partial charge in [-0.15, -0.1) is 0 Å². The Labute approximate surface area is 124 Å². The van der Waals surface area contributed by atoms with Crippen molar-refractivity contribution in [3.05, 3.63) is 16.9 Å². The van der Waals surface area contributed by atoms with Gasteiger partial charge < -0.3 is 15.4 Å². The van der Waals surface area contributed by atoms with Crippen molar-refractivity contribution in [3.8, 4) is 0 Å². The maximum Gasteiger partial charge on any atom is 0.166 e. The van der Waals surface area contributed by atoms with Gasteiger partial charge in [0, 0.05) is 39.5 Å². The van der Waals surface area contributed by atoms with Crippen molar-refractivity contribution in [1.29, 1.82) is 0 Å². The molecule has 0 saturated carbocycles. The Morgan fingerprint density at radius 1 is 1.42 bits per heavy atom. The summed E-state index contributed by atoms with van der Waals surface area (Å²) in [6, 6.07) is 0. The smallest absolute Gasteiger partial charge is 0.166 e. The molecule has 0 aliphatic rings. The molecule has 7 heteroatoms. The molecule has 1 heterocycles. The number of aryl methyl sites for hydroxylation is 2. The van der Waals surface area contributed by atoms with E-state index in [1.165, 1.54) is 0 Å². The Bertz CT molecular complexity index is 378. The van der Waals surface area contributed by atoms with Crippen LogP contribution in [0.3, 0.4) is 0 Å². The molecule has 0 aliphatic carbocycles. The third-order valence-corrected chi connectivity index (χ3v) is 3.21.